The lowest BCUT2D eigenvalue weighted by molar-refractivity contribution is 0.374. The van der Waals surface area contributed by atoms with Gasteiger partial charge in [0.15, 0.2) is 4.96 Å². The summed E-state index contributed by atoms with van der Waals surface area (Å²) >= 11 is 1.65. The van der Waals surface area contributed by atoms with Gasteiger partial charge in [0, 0.05) is 22.6 Å². The Balaban J connectivity index is 1.79. The SMILES string of the molecule is COc1ccc(OC)c(-c2csc3nc(C(C)(C)C4C=CC=CC4)cn23)c1. The second-order valence-corrected chi connectivity index (χ2v) is 8.18. The minimum absolute atomic E-state index is 0.0390. The van der Waals surface area contributed by atoms with Crippen LogP contribution in [0.3, 0.4) is 0 Å². The summed E-state index contributed by atoms with van der Waals surface area (Å²) in [6, 6.07) is 5.87. The molecule has 1 aromatic carbocycles. The quantitative estimate of drug-likeness (QED) is 0.587. The lowest BCUT2D eigenvalue weighted by Gasteiger charge is -2.31. The van der Waals surface area contributed by atoms with E-state index in [1.54, 1.807) is 25.6 Å². The van der Waals surface area contributed by atoms with Gasteiger partial charge in [-0.25, -0.2) is 4.98 Å². The average Bonchev–Trinajstić information content (AvgIpc) is 3.29. The molecule has 2 heterocycles. The Hall–Kier alpha value is -2.53. The van der Waals surface area contributed by atoms with E-state index in [0.717, 1.165) is 39.8 Å². The first-order chi connectivity index (χ1) is 13.0. The minimum Gasteiger partial charge on any atom is -0.497 e. The lowest BCUT2D eigenvalue weighted by Crippen LogP contribution is -2.28. The molecule has 1 aliphatic carbocycles. The summed E-state index contributed by atoms with van der Waals surface area (Å²) in [5.41, 5.74) is 3.15. The highest BCUT2D eigenvalue weighted by molar-refractivity contribution is 7.15. The standard InChI is InChI=1S/C22H24N2O2S/c1-22(2,15-8-6-5-7-9-15)20-13-24-18(14-27-21(24)23-20)17-12-16(25-3)10-11-19(17)26-4/h5-8,10-15H,9H2,1-4H3. The van der Waals surface area contributed by atoms with Gasteiger partial charge in [0.1, 0.15) is 11.5 Å². The molecule has 0 N–H and O–H groups in total. The summed E-state index contributed by atoms with van der Waals surface area (Å²) < 4.78 is 13.2. The molecule has 0 saturated carbocycles. The molecule has 2 aromatic heterocycles. The Morgan fingerprint density at radius 1 is 1.19 bits per heavy atom. The Morgan fingerprint density at radius 3 is 2.74 bits per heavy atom. The van der Waals surface area contributed by atoms with Gasteiger partial charge in [-0.3, -0.25) is 4.40 Å². The maximum Gasteiger partial charge on any atom is 0.194 e. The van der Waals surface area contributed by atoms with Crippen molar-refractivity contribution in [3.63, 3.8) is 0 Å². The van der Waals surface area contributed by atoms with E-state index < -0.39 is 0 Å². The molecular weight excluding hydrogens is 356 g/mol. The molecular formula is C22H24N2O2S. The zero-order valence-electron chi connectivity index (χ0n) is 16.1. The summed E-state index contributed by atoms with van der Waals surface area (Å²) in [7, 11) is 3.37. The number of rotatable bonds is 5. The van der Waals surface area contributed by atoms with Gasteiger partial charge in [-0.15, -0.1) is 11.3 Å². The third-order valence-electron chi connectivity index (χ3n) is 5.46. The molecule has 140 valence electrons. The van der Waals surface area contributed by atoms with Crippen LogP contribution in [0.15, 0.2) is 54.1 Å². The lowest BCUT2D eigenvalue weighted by atomic mass is 9.73. The van der Waals surface area contributed by atoms with Gasteiger partial charge >= 0.3 is 0 Å². The van der Waals surface area contributed by atoms with E-state index in [1.807, 2.05) is 18.2 Å². The fourth-order valence-electron chi connectivity index (χ4n) is 3.61. The fourth-order valence-corrected chi connectivity index (χ4v) is 4.48. The third kappa shape index (κ3) is 3.06. The van der Waals surface area contributed by atoms with Gasteiger partial charge in [-0.05, 0) is 30.5 Å². The Bertz CT molecular complexity index is 1030. The molecule has 1 atom stereocenters. The fraction of sp³-hybridized carbons (Fsp3) is 0.318. The molecule has 1 unspecified atom stereocenters. The highest BCUT2D eigenvalue weighted by atomic mass is 32.1. The van der Waals surface area contributed by atoms with E-state index in [-0.39, 0.29) is 5.41 Å². The first-order valence-electron chi connectivity index (χ1n) is 9.07. The maximum atomic E-state index is 5.59. The third-order valence-corrected chi connectivity index (χ3v) is 6.30. The number of benzene rings is 1. The van der Waals surface area contributed by atoms with E-state index in [4.69, 9.17) is 14.5 Å². The van der Waals surface area contributed by atoms with Crippen molar-refractivity contribution >= 4 is 16.3 Å². The first-order valence-corrected chi connectivity index (χ1v) is 9.95. The van der Waals surface area contributed by atoms with Gasteiger partial charge in [0.2, 0.25) is 0 Å². The molecule has 4 nitrogen and oxygen atoms in total. The van der Waals surface area contributed by atoms with Crippen molar-refractivity contribution in [2.45, 2.75) is 25.7 Å². The van der Waals surface area contributed by atoms with E-state index in [9.17, 15) is 0 Å². The summed E-state index contributed by atoms with van der Waals surface area (Å²) in [6.07, 6.45) is 12.0. The van der Waals surface area contributed by atoms with Crippen molar-refractivity contribution in [1.29, 1.82) is 0 Å². The highest BCUT2D eigenvalue weighted by Gasteiger charge is 2.32. The van der Waals surface area contributed by atoms with E-state index >= 15 is 0 Å². The number of aromatic nitrogens is 2. The van der Waals surface area contributed by atoms with Crippen LogP contribution in [0.1, 0.15) is 26.0 Å². The van der Waals surface area contributed by atoms with Gasteiger partial charge in [-0.1, -0.05) is 38.2 Å². The van der Waals surface area contributed by atoms with Gasteiger partial charge in [-0.2, -0.15) is 0 Å². The number of hydrogen-bond acceptors (Lipinski definition) is 4. The number of imidazole rings is 1. The topological polar surface area (TPSA) is 35.8 Å². The van der Waals surface area contributed by atoms with E-state index in [2.05, 4.69) is 54.1 Å². The van der Waals surface area contributed by atoms with Crippen LogP contribution in [0.2, 0.25) is 0 Å². The van der Waals surface area contributed by atoms with Crippen LogP contribution in [-0.2, 0) is 5.41 Å². The van der Waals surface area contributed by atoms with Crippen molar-refractivity contribution in [1.82, 2.24) is 9.38 Å². The van der Waals surface area contributed by atoms with Crippen molar-refractivity contribution < 1.29 is 9.47 Å². The molecule has 0 bridgehead atoms. The molecule has 1 aliphatic rings. The molecule has 27 heavy (non-hydrogen) atoms. The minimum atomic E-state index is -0.0390. The normalized spacial score (nSPS) is 16.8. The summed E-state index contributed by atoms with van der Waals surface area (Å²) in [5, 5.41) is 2.12. The summed E-state index contributed by atoms with van der Waals surface area (Å²) in [4.78, 5) is 5.95. The summed E-state index contributed by atoms with van der Waals surface area (Å²) in [5.74, 6) is 2.08. The van der Waals surface area contributed by atoms with Crippen molar-refractivity contribution in [2.24, 2.45) is 5.92 Å². The molecule has 3 aromatic rings. The molecule has 0 aliphatic heterocycles. The molecule has 4 rings (SSSR count). The second-order valence-electron chi connectivity index (χ2n) is 7.34. The molecule has 0 spiro atoms. The largest absolute Gasteiger partial charge is 0.497 e. The number of nitrogens with zero attached hydrogens (tertiary/aromatic N) is 2. The maximum absolute atomic E-state index is 5.59. The Labute approximate surface area is 163 Å². The van der Waals surface area contributed by atoms with Crippen LogP contribution in [0.4, 0.5) is 0 Å². The number of fused-ring (bicyclic) bond motifs is 1. The monoisotopic (exact) mass is 380 g/mol. The van der Waals surface area contributed by atoms with Crippen molar-refractivity contribution in [2.75, 3.05) is 14.2 Å². The van der Waals surface area contributed by atoms with Crippen molar-refractivity contribution in [3.8, 4) is 22.8 Å². The van der Waals surface area contributed by atoms with Crippen molar-refractivity contribution in [3.05, 3.63) is 59.8 Å². The number of ether oxygens (including phenoxy) is 2. The van der Waals surface area contributed by atoms with E-state index in [0.29, 0.717) is 5.92 Å². The van der Waals surface area contributed by atoms with Gasteiger partial charge in [0.05, 0.1) is 25.6 Å². The highest BCUT2D eigenvalue weighted by Crippen LogP contribution is 2.39. The zero-order chi connectivity index (χ0) is 19.0. The first kappa shape index (κ1) is 17.9. The predicted molar refractivity (Wildman–Crippen MR) is 111 cm³/mol. The molecule has 0 amide bonds. The molecule has 0 saturated heterocycles. The zero-order valence-corrected chi connectivity index (χ0v) is 16.9. The number of methoxy groups -OCH3 is 2. The van der Waals surface area contributed by atoms with Crippen LogP contribution in [0, 0.1) is 5.92 Å². The molecule has 0 fully saturated rings. The van der Waals surface area contributed by atoms with Crippen LogP contribution in [0.25, 0.3) is 16.2 Å². The summed E-state index contributed by atoms with van der Waals surface area (Å²) in [6.45, 7) is 4.55. The van der Waals surface area contributed by atoms with Crippen LogP contribution in [-0.4, -0.2) is 23.6 Å². The Kier molecular flexibility index (Phi) is 4.56. The van der Waals surface area contributed by atoms with E-state index in [1.165, 1.54) is 0 Å². The average molecular weight is 381 g/mol. The predicted octanol–water partition coefficient (Wildman–Crippen LogP) is 5.49. The van der Waals surface area contributed by atoms with Crippen LogP contribution in [0.5, 0.6) is 11.5 Å². The number of allylic oxidation sites excluding steroid dienone is 4. The number of thiazole rings is 1. The number of hydrogen-bond donors (Lipinski definition) is 0. The Morgan fingerprint density at radius 2 is 2.04 bits per heavy atom. The van der Waals surface area contributed by atoms with Gasteiger partial charge < -0.3 is 9.47 Å². The molecule has 5 heteroatoms. The van der Waals surface area contributed by atoms with Gasteiger partial charge in [0.25, 0.3) is 0 Å². The second kappa shape index (κ2) is 6.89. The smallest absolute Gasteiger partial charge is 0.194 e. The van der Waals surface area contributed by atoms with Crippen LogP contribution >= 0.6 is 11.3 Å². The molecule has 0 radical (unpaired) electrons. The van der Waals surface area contributed by atoms with Crippen LogP contribution < -0.4 is 9.47 Å².